The number of hydrogen-bond donors (Lipinski definition) is 1. The smallest absolute Gasteiger partial charge is 0.221 e. The van der Waals surface area contributed by atoms with Crippen LogP contribution in [0.1, 0.15) is 12.5 Å². The SMILES string of the molecule is CC(=O)Nc1cc(-c2ccc(F)cc2F)cc(-n2cnc3cc(C4=NCCO4)ccc32)c1. The fourth-order valence-corrected chi connectivity index (χ4v) is 3.77. The van der Waals surface area contributed by atoms with Crippen LogP contribution in [0, 0.1) is 11.6 Å². The maximum Gasteiger partial charge on any atom is 0.221 e. The van der Waals surface area contributed by atoms with Crippen molar-refractivity contribution in [3.05, 3.63) is 78.1 Å². The zero-order valence-electron chi connectivity index (χ0n) is 17.1. The molecule has 0 saturated heterocycles. The Balaban J connectivity index is 1.63. The highest BCUT2D eigenvalue weighted by atomic mass is 19.1. The van der Waals surface area contributed by atoms with E-state index in [4.69, 9.17) is 4.74 Å². The number of nitrogens with zero attached hydrogens (tertiary/aromatic N) is 3. The summed E-state index contributed by atoms with van der Waals surface area (Å²) in [7, 11) is 0. The number of aromatic nitrogens is 2. The van der Waals surface area contributed by atoms with Crippen molar-refractivity contribution in [2.45, 2.75) is 6.92 Å². The molecule has 0 saturated carbocycles. The van der Waals surface area contributed by atoms with E-state index in [1.807, 2.05) is 22.8 Å². The van der Waals surface area contributed by atoms with Gasteiger partial charge in [0.1, 0.15) is 24.6 Å². The van der Waals surface area contributed by atoms with E-state index in [1.54, 1.807) is 24.5 Å². The third-order valence-electron chi connectivity index (χ3n) is 5.14. The Bertz CT molecular complexity index is 1390. The summed E-state index contributed by atoms with van der Waals surface area (Å²) in [6.07, 6.45) is 1.66. The van der Waals surface area contributed by atoms with E-state index in [-0.39, 0.29) is 11.5 Å². The van der Waals surface area contributed by atoms with E-state index >= 15 is 0 Å². The molecule has 32 heavy (non-hydrogen) atoms. The summed E-state index contributed by atoms with van der Waals surface area (Å²) >= 11 is 0. The fraction of sp³-hybridized carbons (Fsp3) is 0.125. The minimum Gasteiger partial charge on any atom is -0.476 e. The molecular weight excluding hydrogens is 414 g/mol. The Morgan fingerprint density at radius 3 is 2.69 bits per heavy atom. The lowest BCUT2D eigenvalue weighted by atomic mass is 10.0. The summed E-state index contributed by atoms with van der Waals surface area (Å²) in [5, 5.41) is 2.74. The maximum absolute atomic E-state index is 14.5. The van der Waals surface area contributed by atoms with Gasteiger partial charge in [-0.2, -0.15) is 0 Å². The standard InChI is InChI=1S/C24H18F2N4O2/c1-14(31)29-18-8-16(20-4-3-17(25)11-21(20)26)9-19(12-18)30-13-28-22-10-15(2-5-23(22)30)24-27-6-7-32-24/h2-5,8-13H,6-7H2,1H3,(H,29,31). The van der Waals surface area contributed by atoms with Gasteiger partial charge >= 0.3 is 0 Å². The van der Waals surface area contributed by atoms with Crippen molar-refractivity contribution in [1.29, 1.82) is 0 Å². The van der Waals surface area contributed by atoms with Crippen LogP contribution in [0.2, 0.25) is 0 Å². The van der Waals surface area contributed by atoms with E-state index in [1.165, 1.54) is 19.1 Å². The second-order valence-electron chi connectivity index (χ2n) is 7.43. The zero-order chi connectivity index (χ0) is 22.2. The summed E-state index contributed by atoms with van der Waals surface area (Å²) in [5.74, 6) is -1.00. The normalized spacial score (nSPS) is 13.2. The Hall–Kier alpha value is -4.07. The molecule has 0 fully saturated rings. The average Bonchev–Trinajstić information content (AvgIpc) is 3.42. The van der Waals surface area contributed by atoms with Crippen LogP contribution in [0.5, 0.6) is 0 Å². The molecule has 5 rings (SSSR count). The number of fused-ring (bicyclic) bond motifs is 1. The summed E-state index contributed by atoms with van der Waals surface area (Å²) in [5.41, 5.74) is 4.28. The third kappa shape index (κ3) is 3.71. The maximum atomic E-state index is 14.5. The van der Waals surface area contributed by atoms with E-state index in [9.17, 15) is 13.6 Å². The van der Waals surface area contributed by atoms with Crippen LogP contribution in [0.15, 0.2) is 65.9 Å². The number of anilines is 1. The Morgan fingerprint density at radius 1 is 1.06 bits per heavy atom. The minimum absolute atomic E-state index is 0.225. The molecule has 0 atom stereocenters. The van der Waals surface area contributed by atoms with Crippen molar-refractivity contribution in [2.24, 2.45) is 4.99 Å². The van der Waals surface area contributed by atoms with Gasteiger partial charge in [0, 0.05) is 35.5 Å². The summed E-state index contributed by atoms with van der Waals surface area (Å²) in [6.45, 7) is 2.60. The molecule has 8 heteroatoms. The number of carbonyl (C=O) groups excluding carboxylic acids is 1. The lowest BCUT2D eigenvalue weighted by Crippen LogP contribution is -2.07. The van der Waals surface area contributed by atoms with Crippen LogP contribution in [-0.4, -0.2) is 34.5 Å². The second kappa shape index (κ2) is 7.88. The van der Waals surface area contributed by atoms with Gasteiger partial charge in [0.25, 0.3) is 0 Å². The Morgan fingerprint density at radius 2 is 1.94 bits per heavy atom. The molecule has 0 bridgehead atoms. The van der Waals surface area contributed by atoms with Gasteiger partial charge < -0.3 is 10.1 Å². The van der Waals surface area contributed by atoms with Crippen molar-refractivity contribution in [1.82, 2.24) is 9.55 Å². The van der Waals surface area contributed by atoms with Gasteiger partial charge in [-0.3, -0.25) is 9.36 Å². The molecule has 0 radical (unpaired) electrons. The van der Waals surface area contributed by atoms with Crippen LogP contribution in [-0.2, 0) is 9.53 Å². The number of nitrogens with one attached hydrogen (secondary N) is 1. The molecule has 1 aliphatic rings. The molecule has 1 aromatic heterocycles. The van der Waals surface area contributed by atoms with E-state index < -0.39 is 11.6 Å². The number of hydrogen-bond acceptors (Lipinski definition) is 4. The number of halogens is 2. The zero-order valence-corrected chi connectivity index (χ0v) is 17.1. The monoisotopic (exact) mass is 432 g/mol. The first-order chi connectivity index (χ1) is 15.5. The molecule has 3 aromatic carbocycles. The molecule has 6 nitrogen and oxygen atoms in total. The number of aliphatic imine (C=N–C) groups is 1. The third-order valence-corrected chi connectivity index (χ3v) is 5.14. The van der Waals surface area contributed by atoms with Crippen molar-refractivity contribution in [2.75, 3.05) is 18.5 Å². The van der Waals surface area contributed by atoms with Crippen LogP contribution < -0.4 is 5.32 Å². The lowest BCUT2D eigenvalue weighted by molar-refractivity contribution is -0.114. The molecule has 1 amide bonds. The lowest BCUT2D eigenvalue weighted by Gasteiger charge is -2.13. The van der Waals surface area contributed by atoms with Gasteiger partial charge in [-0.25, -0.2) is 18.8 Å². The first-order valence-electron chi connectivity index (χ1n) is 10.0. The van der Waals surface area contributed by atoms with Gasteiger partial charge in [-0.1, -0.05) is 0 Å². The number of carbonyl (C=O) groups is 1. The van der Waals surface area contributed by atoms with Crippen molar-refractivity contribution < 1.29 is 18.3 Å². The van der Waals surface area contributed by atoms with Crippen LogP contribution in [0.4, 0.5) is 14.5 Å². The predicted octanol–water partition coefficient (Wildman–Crippen LogP) is 4.71. The van der Waals surface area contributed by atoms with E-state index in [2.05, 4.69) is 15.3 Å². The fourth-order valence-electron chi connectivity index (χ4n) is 3.77. The molecule has 0 spiro atoms. The predicted molar refractivity (Wildman–Crippen MR) is 118 cm³/mol. The van der Waals surface area contributed by atoms with Crippen molar-refractivity contribution in [3.8, 4) is 16.8 Å². The van der Waals surface area contributed by atoms with Gasteiger partial charge in [0.05, 0.1) is 17.6 Å². The Kier molecular flexibility index (Phi) is 4.89. The number of amides is 1. The van der Waals surface area contributed by atoms with Crippen LogP contribution in [0.3, 0.4) is 0 Å². The molecule has 0 unspecified atom stereocenters. The highest BCUT2D eigenvalue weighted by molar-refractivity contribution is 5.98. The van der Waals surface area contributed by atoms with Crippen molar-refractivity contribution in [3.63, 3.8) is 0 Å². The minimum atomic E-state index is -0.687. The van der Waals surface area contributed by atoms with Crippen molar-refractivity contribution >= 4 is 28.5 Å². The highest BCUT2D eigenvalue weighted by Crippen LogP contribution is 2.31. The largest absolute Gasteiger partial charge is 0.476 e. The highest BCUT2D eigenvalue weighted by Gasteiger charge is 2.15. The van der Waals surface area contributed by atoms with Crippen LogP contribution in [0.25, 0.3) is 27.8 Å². The van der Waals surface area contributed by atoms with Gasteiger partial charge in [0.15, 0.2) is 0 Å². The van der Waals surface area contributed by atoms with Crippen LogP contribution >= 0.6 is 0 Å². The number of benzene rings is 3. The molecular formula is C24H18F2N4O2. The van der Waals surface area contributed by atoms with Gasteiger partial charge in [0.2, 0.25) is 11.8 Å². The number of rotatable bonds is 4. The second-order valence-corrected chi connectivity index (χ2v) is 7.43. The molecule has 0 aliphatic carbocycles. The first kappa shape index (κ1) is 19.9. The summed E-state index contributed by atoms with van der Waals surface area (Å²) < 4.78 is 35.3. The molecule has 1 N–H and O–H groups in total. The first-order valence-corrected chi connectivity index (χ1v) is 10.0. The van der Waals surface area contributed by atoms with E-state index in [0.717, 1.165) is 22.7 Å². The van der Waals surface area contributed by atoms with Gasteiger partial charge in [-0.05, 0) is 54.1 Å². The topological polar surface area (TPSA) is 68.5 Å². The summed E-state index contributed by atoms with van der Waals surface area (Å²) in [4.78, 5) is 20.5. The average molecular weight is 432 g/mol. The molecule has 1 aliphatic heterocycles. The molecule has 2 heterocycles. The van der Waals surface area contributed by atoms with Gasteiger partial charge in [-0.15, -0.1) is 0 Å². The molecule has 4 aromatic rings. The Labute approximate surface area is 182 Å². The van der Waals surface area contributed by atoms with E-state index in [0.29, 0.717) is 36.0 Å². The quantitative estimate of drug-likeness (QED) is 0.508. The number of ether oxygens (including phenoxy) is 1. The molecule has 160 valence electrons. The number of imidazole rings is 1. The summed E-state index contributed by atoms with van der Waals surface area (Å²) in [6, 6.07) is 14.3.